The summed E-state index contributed by atoms with van der Waals surface area (Å²) in [6.07, 6.45) is 0.887. The molecular weight excluding hydrogens is 340 g/mol. The fraction of sp³-hybridized carbons (Fsp3) is 0.357. The van der Waals surface area contributed by atoms with Crippen LogP contribution in [0.3, 0.4) is 0 Å². The van der Waals surface area contributed by atoms with E-state index in [0.29, 0.717) is 17.2 Å². The molecule has 1 atom stereocenters. The molecule has 1 unspecified atom stereocenters. The number of benzene rings is 1. The lowest BCUT2D eigenvalue weighted by Gasteiger charge is -2.22. The summed E-state index contributed by atoms with van der Waals surface area (Å²) in [4.78, 5) is 15.0. The highest BCUT2D eigenvalue weighted by atomic mass is 79.9. The Labute approximate surface area is 129 Å². The first kappa shape index (κ1) is 13.9. The van der Waals surface area contributed by atoms with Crippen molar-refractivity contribution >= 4 is 48.9 Å². The molecule has 1 aliphatic rings. The van der Waals surface area contributed by atoms with E-state index in [2.05, 4.69) is 15.9 Å². The maximum absolute atomic E-state index is 12.6. The molecule has 106 valence electrons. The lowest BCUT2D eigenvalue weighted by Crippen LogP contribution is -2.37. The molecule has 6 heteroatoms. The molecule has 2 heterocycles. The number of carbonyl (C=O) groups is 1. The van der Waals surface area contributed by atoms with Gasteiger partial charge >= 0.3 is 0 Å². The summed E-state index contributed by atoms with van der Waals surface area (Å²) in [5.41, 5.74) is 6.72. The SMILES string of the molecule is CN(C(=O)c1sc2cc(Br)ccc2c1N)C1CCOC1. The van der Waals surface area contributed by atoms with E-state index in [1.807, 2.05) is 25.2 Å². The van der Waals surface area contributed by atoms with Crippen LogP contribution in [0.1, 0.15) is 16.1 Å². The van der Waals surface area contributed by atoms with Crippen molar-refractivity contribution in [3.63, 3.8) is 0 Å². The summed E-state index contributed by atoms with van der Waals surface area (Å²) in [7, 11) is 1.82. The minimum absolute atomic E-state index is 0.0182. The largest absolute Gasteiger partial charge is 0.397 e. The zero-order valence-corrected chi connectivity index (χ0v) is 13.5. The van der Waals surface area contributed by atoms with Gasteiger partial charge in [0.1, 0.15) is 4.88 Å². The lowest BCUT2D eigenvalue weighted by atomic mass is 10.2. The van der Waals surface area contributed by atoms with Crippen molar-refractivity contribution in [1.29, 1.82) is 0 Å². The molecule has 1 aliphatic heterocycles. The van der Waals surface area contributed by atoms with E-state index < -0.39 is 0 Å². The van der Waals surface area contributed by atoms with E-state index in [1.54, 1.807) is 4.90 Å². The molecule has 4 nitrogen and oxygen atoms in total. The summed E-state index contributed by atoms with van der Waals surface area (Å²) < 4.78 is 7.35. The first-order valence-electron chi connectivity index (χ1n) is 6.40. The predicted octanol–water partition coefficient (Wildman–Crippen LogP) is 3.11. The van der Waals surface area contributed by atoms with Crippen molar-refractivity contribution in [3.05, 3.63) is 27.5 Å². The number of hydrogen-bond donors (Lipinski definition) is 1. The zero-order valence-electron chi connectivity index (χ0n) is 11.1. The van der Waals surface area contributed by atoms with Gasteiger partial charge in [0, 0.05) is 28.2 Å². The molecule has 0 bridgehead atoms. The average Bonchev–Trinajstić information content (AvgIpc) is 3.05. The number of nitrogens with two attached hydrogens (primary N) is 1. The van der Waals surface area contributed by atoms with E-state index in [9.17, 15) is 4.79 Å². The van der Waals surface area contributed by atoms with Gasteiger partial charge in [-0.3, -0.25) is 4.79 Å². The third-order valence-corrected chi connectivity index (χ3v) is 5.31. The van der Waals surface area contributed by atoms with Gasteiger partial charge in [-0.2, -0.15) is 0 Å². The number of hydrogen-bond acceptors (Lipinski definition) is 4. The van der Waals surface area contributed by atoms with Crippen LogP contribution in [0.4, 0.5) is 5.69 Å². The molecule has 0 spiro atoms. The predicted molar refractivity (Wildman–Crippen MR) is 85.3 cm³/mol. The highest BCUT2D eigenvalue weighted by Gasteiger charge is 2.27. The number of carbonyl (C=O) groups excluding carboxylic acids is 1. The van der Waals surface area contributed by atoms with Crippen LogP contribution >= 0.6 is 27.3 Å². The van der Waals surface area contributed by atoms with Gasteiger partial charge in [-0.25, -0.2) is 0 Å². The van der Waals surface area contributed by atoms with Gasteiger partial charge in [-0.1, -0.05) is 22.0 Å². The molecule has 0 radical (unpaired) electrons. The van der Waals surface area contributed by atoms with Crippen molar-refractivity contribution in [1.82, 2.24) is 4.90 Å². The highest BCUT2D eigenvalue weighted by molar-refractivity contribution is 9.10. The second-order valence-corrected chi connectivity index (χ2v) is 6.89. The van der Waals surface area contributed by atoms with Crippen LogP contribution in [0, 0.1) is 0 Å². The molecular formula is C14H15BrN2O2S. The van der Waals surface area contributed by atoms with Crippen LogP contribution in [0.2, 0.25) is 0 Å². The summed E-state index contributed by atoms with van der Waals surface area (Å²) in [5, 5.41) is 0.942. The van der Waals surface area contributed by atoms with Gasteiger partial charge < -0.3 is 15.4 Å². The third kappa shape index (κ3) is 2.32. The smallest absolute Gasteiger partial charge is 0.266 e. The summed E-state index contributed by atoms with van der Waals surface area (Å²) >= 11 is 4.89. The Kier molecular flexibility index (Phi) is 3.70. The number of ether oxygens (including phenoxy) is 1. The first-order chi connectivity index (χ1) is 9.58. The van der Waals surface area contributed by atoms with Gasteiger partial charge in [0.2, 0.25) is 0 Å². The molecule has 3 rings (SSSR count). The topological polar surface area (TPSA) is 55.6 Å². The van der Waals surface area contributed by atoms with Gasteiger partial charge in [0.25, 0.3) is 5.91 Å². The number of nitrogen functional groups attached to an aromatic ring is 1. The summed E-state index contributed by atoms with van der Waals surface area (Å²) in [6.45, 7) is 1.33. The Hall–Kier alpha value is -1.11. The second-order valence-electron chi connectivity index (χ2n) is 4.92. The zero-order chi connectivity index (χ0) is 14.3. The van der Waals surface area contributed by atoms with Gasteiger partial charge in [-0.05, 0) is 18.6 Å². The quantitative estimate of drug-likeness (QED) is 0.901. The summed E-state index contributed by atoms with van der Waals surface area (Å²) in [6, 6.07) is 6.03. The van der Waals surface area contributed by atoms with Crippen LogP contribution < -0.4 is 5.73 Å². The molecule has 0 aliphatic carbocycles. The van der Waals surface area contributed by atoms with Crippen molar-refractivity contribution in [2.75, 3.05) is 26.0 Å². The number of likely N-dealkylation sites (N-methyl/N-ethyl adjacent to an activating group) is 1. The standard InChI is InChI=1S/C14H15BrN2O2S/c1-17(9-4-5-19-7-9)14(18)13-12(16)10-3-2-8(15)6-11(10)20-13/h2-3,6,9H,4-5,7,16H2,1H3. The van der Waals surface area contributed by atoms with Crippen molar-refractivity contribution < 1.29 is 9.53 Å². The number of thiophene rings is 1. The Balaban J connectivity index is 1.96. The molecule has 1 aromatic heterocycles. The Morgan fingerprint density at radius 3 is 3.05 bits per heavy atom. The number of rotatable bonds is 2. The maximum Gasteiger partial charge on any atom is 0.266 e. The molecule has 1 saturated heterocycles. The van der Waals surface area contributed by atoms with E-state index in [1.165, 1.54) is 11.3 Å². The minimum atomic E-state index is -0.0182. The van der Waals surface area contributed by atoms with Crippen LogP contribution in [0.25, 0.3) is 10.1 Å². The highest BCUT2D eigenvalue weighted by Crippen LogP contribution is 2.36. The number of halogens is 1. The Bertz CT molecular complexity index is 664. The van der Waals surface area contributed by atoms with Gasteiger partial charge in [-0.15, -0.1) is 11.3 Å². The number of fused-ring (bicyclic) bond motifs is 1. The van der Waals surface area contributed by atoms with Crippen molar-refractivity contribution in [2.24, 2.45) is 0 Å². The molecule has 20 heavy (non-hydrogen) atoms. The fourth-order valence-electron chi connectivity index (χ4n) is 2.40. The van der Waals surface area contributed by atoms with Crippen LogP contribution in [-0.4, -0.2) is 37.1 Å². The normalized spacial score (nSPS) is 18.6. The minimum Gasteiger partial charge on any atom is -0.397 e. The van der Waals surface area contributed by atoms with E-state index in [0.717, 1.165) is 27.6 Å². The van der Waals surface area contributed by atoms with E-state index in [4.69, 9.17) is 10.5 Å². The molecule has 1 aromatic carbocycles. The maximum atomic E-state index is 12.6. The monoisotopic (exact) mass is 354 g/mol. The van der Waals surface area contributed by atoms with Crippen molar-refractivity contribution in [3.8, 4) is 0 Å². The Morgan fingerprint density at radius 2 is 2.35 bits per heavy atom. The molecule has 1 fully saturated rings. The van der Waals surface area contributed by atoms with E-state index in [-0.39, 0.29) is 11.9 Å². The van der Waals surface area contributed by atoms with Gasteiger partial charge in [0.15, 0.2) is 0 Å². The molecule has 0 saturated carbocycles. The summed E-state index contributed by atoms with van der Waals surface area (Å²) in [5.74, 6) is -0.0182. The second kappa shape index (κ2) is 5.35. The van der Waals surface area contributed by atoms with E-state index >= 15 is 0 Å². The molecule has 1 amide bonds. The lowest BCUT2D eigenvalue weighted by molar-refractivity contribution is 0.0717. The molecule has 2 aromatic rings. The van der Waals surface area contributed by atoms with Crippen molar-refractivity contribution in [2.45, 2.75) is 12.5 Å². The molecule has 2 N–H and O–H groups in total. The third-order valence-electron chi connectivity index (χ3n) is 3.66. The Morgan fingerprint density at radius 1 is 1.55 bits per heavy atom. The number of amides is 1. The van der Waals surface area contributed by atoms with Crippen LogP contribution in [0.5, 0.6) is 0 Å². The van der Waals surface area contributed by atoms with Crippen LogP contribution in [0.15, 0.2) is 22.7 Å². The van der Waals surface area contributed by atoms with Crippen LogP contribution in [-0.2, 0) is 4.74 Å². The first-order valence-corrected chi connectivity index (χ1v) is 8.01. The number of anilines is 1. The van der Waals surface area contributed by atoms with Gasteiger partial charge in [0.05, 0.1) is 18.3 Å². The number of nitrogens with zero attached hydrogens (tertiary/aromatic N) is 1. The fourth-order valence-corrected chi connectivity index (χ4v) is 4.06. The average molecular weight is 355 g/mol.